The van der Waals surface area contributed by atoms with Crippen LogP contribution in [-0.4, -0.2) is 46.4 Å². The summed E-state index contributed by atoms with van der Waals surface area (Å²) in [5, 5.41) is 9.27. The van der Waals surface area contributed by atoms with Gasteiger partial charge in [0.15, 0.2) is 0 Å². The van der Waals surface area contributed by atoms with E-state index >= 15 is 0 Å². The van der Waals surface area contributed by atoms with Crippen LogP contribution in [-0.2, 0) is 18.0 Å². The number of halogens is 3. The van der Waals surface area contributed by atoms with Gasteiger partial charge in [0.1, 0.15) is 35.2 Å². The van der Waals surface area contributed by atoms with Crippen molar-refractivity contribution in [2.75, 3.05) is 24.6 Å². The molecule has 0 N–H and O–H groups in total. The highest BCUT2D eigenvalue weighted by Crippen LogP contribution is 2.31. The normalized spacial score (nSPS) is 18.6. The van der Waals surface area contributed by atoms with Crippen LogP contribution in [0.4, 0.5) is 18.9 Å². The molecule has 1 aliphatic rings. The van der Waals surface area contributed by atoms with Crippen LogP contribution in [0.15, 0.2) is 41.2 Å². The molecular formula is C23H22F3N5O3. The van der Waals surface area contributed by atoms with Gasteiger partial charge in [-0.25, -0.2) is 9.97 Å². The average Bonchev–Trinajstić information content (AvgIpc) is 2.82. The first kappa shape index (κ1) is 23.5. The van der Waals surface area contributed by atoms with E-state index in [4.69, 9.17) is 9.47 Å². The molecule has 3 aromatic rings. The molecule has 2 atom stereocenters. The van der Waals surface area contributed by atoms with E-state index in [1.54, 1.807) is 19.2 Å². The zero-order valence-corrected chi connectivity index (χ0v) is 18.5. The van der Waals surface area contributed by atoms with E-state index < -0.39 is 24.1 Å². The van der Waals surface area contributed by atoms with Crippen LogP contribution < -0.4 is 15.2 Å². The largest absolute Gasteiger partial charge is 0.471 e. The van der Waals surface area contributed by atoms with Crippen molar-refractivity contribution in [1.82, 2.24) is 14.5 Å². The van der Waals surface area contributed by atoms with Crippen molar-refractivity contribution in [3.05, 3.63) is 58.1 Å². The second-order valence-corrected chi connectivity index (χ2v) is 7.85. The third kappa shape index (κ3) is 4.68. The zero-order valence-electron chi connectivity index (χ0n) is 18.5. The SMILES string of the molecule is CCO[C@H]1CN(c2cc(=O)n(C)c3ccc(C#N)nc23)CC[C@@H]1Oc1cccc(C(F)(F)F)n1. The molecule has 0 aromatic carbocycles. The number of piperidine rings is 1. The molecule has 1 aliphatic heterocycles. The molecule has 0 spiro atoms. The lowest BCUT2D eigenvalue weighted by molar-refractivity contribution is -0.141. The van der Waals surface area contributed by atoms with Gasteiger partial charge in [-0.2, -0.15) is 18.4 Å². The molecule has 1 fully saturated rings. The van der Waals surface area contributed by atoms with Crippen LogP contribution in [0.2, 0.25) is 0 Å². The number of anilines is 1. The van der Waals surface area contributed by atoms with Gasteiger partial charge in [0.05, 0.1) is 11.2 Å². The number of nitrogens with zero attached hydrogens (tertiary/aromatic N) is 5. The van der Waals surface area contributed by atoms with Crippen LogP contribution in [0, 0.1) is 11.3 Å². The fourth-order valence-electron chi connectivity index (χ4n) is 4.03. The summed E-state index contributed by atoms with van der Waals surface area (Å²) in [6, 6.07) is 10.2. The Hall–Kier alpha value is -3.65. The first-order chi connectivity index (χ1) is 16.2. The third-order valence-electron chi connectivity index (χ3n) is 5.69. The predicted molar refractivity (Wildman–Crippen MR) is 118 cm³/mol. The number of aromatic nitrogens is 3. The van der Waals surface area contributed by atoms with Gasteiger partial charge >= 0.3 is 6.18 Å². The number of aryl methyl sites for hydroxylation is 1. The second kappa shape index (κ2) is 9.30. The number of pyridine rings is 3. The Morgan fingerprint density at radius 2 is 2.00 bits per heavy atom. The van der Waals surface area contributed by atoms with Gasteiger partial charge in [0.2, 0.25) is 5.88 Å². The van der Waals surface area contributed by atoms with E-state index in [1.165, 1.54) is 22.8 Å². The van der Waals surface area contributed by atoms with Gasteiger partial charge in [0.25, 0.3) is 5.56 Å². The van der Waals surface area contributed by atoms with E-state index in [1.807, 2.05) is 17.9 Å². The van der Waals surface area contributed by atoms with E-state index in [2.05, 4.69) is 9.97 Å². The lowest BCUT2D eigenvalue weighted by atomic mass is 10.0. The Bertz CT molecular complexity index is 1300. The van der Waals surface area contributed by atoms with Crippen molar-refractivity contribution >= 4 is 16.7 Å². The van der Waals surface area contributed by atoms with E-state index in [0.29, 0.717) is 42.8 Å². The third-order valence-corrected chi connectivity index (χ3v) is 5.69. The molecule has 11 heteroatoms. The predicted octanol–water partition coefficient (Wildman–Crippen LogP) is 3.28. The van der Waals surface area contributed by atoms with Crippen molar-refractivity contribution in [2.45, 2.75) is 31.7 Å². The van der Waals surface area contributed by atoms with Crippen molar-refractivity contribution in [1.29, 1.82) is 5.26 Å². The highest BCUT2D eigenvalue weighted by molar-refractivity contribution is 5.88. The van der Waals surface area contributed by atoms with Crippen LogP contribution in [0.1, 0.15) is 24.7 Å². The second-order valence-electron chi connectivity index (χ2n) is 7.85. The summed E-state index contributed by atoms with van der Waals surface area (Å²) >= 11 is 0. The average molecular weight is 473 g/mol. The number of hydrogen-bond donors (Lipinski definition) is 0. The molecule has 0 aliphatic carbocycles. The molecular weight excluding hydrogens is 451 g/mol. The summed E-state index contributed by atoms with van der Waals surface area (Å²) in [6.45, 7) is 2.93. The van der Waals surface area contributed by atoms with E-state index in [-0.39, 0.29) is 17.1 Å². The maximum absolute atomic E-state index is 13.0. The molecule has 8 nitrogen and oxygen atoms in total. The highest BCUT2D eigenvalue weighted by atomic mass is 19.4. The maximum Gasteiger partial charge on any atom is 0.433 e. The van der Waals surface area contributed by atoms with Gasteiger partial charge in [-0.3, -0.25) is 4.79 Å². The van der Waals surface area contributed by atoms with Crippen molar-refractivity contribution in [2.24, 2.45) is 7.05 Å². The first-order valence-corrected chi connectivity index (χ1v) is 10.7. The molecule has 3 aromatic heterocycles. The molecule has 34 heavy (non-hydrogen) atoms. The van der Waals surface area contributed by atoms with E-state index in [9.17, 15) is 23.2 Å². The van der Waals surface area contributed by atoms with Crippen LogP contribution in [0.25, 0.3) is 11.0 Å². The summed E-state index contributed by atoms with van der Waals surface area (Å²) in [6.07, 6.45) is -5.18. The van der Waals surface area contributed by atoms with Crippen LogP contribution >= 0.6 is 0 Å². The minimum absolute atomic E-state index is 0.127. The topological polar surface area (TPSA) is 93.3 Å². The van der Waals surface area contributed by atoms with Crippen molar-refractivity contribution < 1.29 is 22.6 Å². The summed E-state index contributed by atoms with van der Waals surface area (Å²) < 4.78 is 52.2. The Kier molecular flexibility index (Phi) is 6.43. The van der Waals surface area contributed by atoms with Gasteiger partial charge in [0, 0.05) is 45.3 Å². The highest BCUT2D eigenvalue weighted by Gasteiger charge is 2.35. The number of ether oxygens (including phenoxy) is 2. The standard InChI is InChI=1S/C23H22F3N5O3/c1-3-33-18-13-31(10-9-17(18)34-20-6-4-5-19(29-20)23(24,25)26)16-11-21(32)30(2)15-8-7-14(12-27)28-22(15)16/h4-8,11,17-18H,3,9-10,13H2,1-2H3/t17-,18-/m0/s1. The number of nitriles is 1. The summed E-state index contributed by atoms with van der Waals surface area (Å²) in [5.74, 6) is -0.127. The Morgan fingerprint density at radius 1 is 1.21 bits per heavy atom. The molecule has 178 valence electrons. The fraction of sp³-hybridized carbons (Fsp3) is 0.391. The molecule has 0 saturated carbocycles. The summed E-state index contributed by atoms with van der Waals surface area (Å²) in [4.78, 5) is 22.5. The summed E-state index contributed by atoms with van der Waals surface area (Å²) in [5.41, 5.74) is 0.629. The molecule has 1 saturated heterocycles. The minimum atomic E-state index is -4.57. The summed E-state index contributed by atoms with van der Waals surface area (Å²) in [7, 11) is 1.63. The number of alkyl halides is 3. The van der Waals surface area contributed by atoms with Crippen molar-refractivity contribution in [3.8, 4) is 11.9 Å². The monoisotopic (exact) mass is 473 g/mol. The molecule has 4 rings (SSSR count). The van der Waals surface area contributed by atoms with Gasteiger partial charge in [-0.15, -0.1) is 0 Å². The van der Waals surface area contributed by atoms with Gasteiger partial charge in [-0.05, 0) is 25.1 Å². The molecule has 4 heterocycles. The quantitative estimate of drug-likeness (QED) is 0.561. The first-order valence-electron chi connectivity index (χ1n) is 10.7. The zero-order chi connectivity index (χ0) is 24.5. The number of rotatable bonds is 5. The minimum Gasteiger partial charge on any atom is -0.471 e. The lowest BCUT2D eigenvalue weighted by Crippen LogP contribution is -2.51. The lowest BCUT2D eigenvalue weighted by Gasteiger charge is -2.39. The van der Waals surface area contributed by atoms with Crippen molar-refractivity contribution in [3.63, 3.8) is 0 Å². The number of hydrogen-bond acceptors (Lipinski definition) is 7. The maximum atomic E-state index is 13.0. The smallest absolute Gasteiger partial charge is 0.433 e. The van der Waals surface area contributed by atoms with Gasteiger partial charge in [-0.1, -0.05) is 6.07 Å². The Balaban J connectivity index is 1.63. The van der Waals surface area contributed by atoms with Crippen LogP contribution in [0.5, 0.6) is 5.88 Å². The Morgan fingerprint density at radius 3 is 2.71 bits per heavy atom. The van der Waals surface area contributed by atoms with Crippen LogP contribution in [0.3, 0.4) is 0 Å². The molecule has 0 bridgehead atoms. The van der Waals surface area contributed by atoms with Gasteiger partial charge < -0.3 is 18.9 Å². The fourth-order valence-corrected chi connectivity index (χ4v) is 4.03. The van der Waals surface area contributed by atoms with E-state index in [0.717, 1.165) is 6.07 Å². The molecule has 0 amide bonds. The number of fused-ring (bicyclic) bond motifs is 1. The molecule has 0 radical (unpaired) electrons. The Labute approximate surface area is 193 Å². The molecule has 0 unspecified atom stereocenters.